The van der Waals surface area contributed by atoms with Gasteiger partial charge < -0.3 is 14.2 Å². The summed E-state index contributed by atoms with van der Waals surface area (Å²) in [5.74, 6) is 1.60. The van der Waals surface area contributed by atoms with Crippen molar-refractivity contribution in [1.29, 1.82) is 0 Å². The van der Waals surface area contributed by atoms with Gasteiger partial charge >= 0.3 is 0 Å². The van der Waals surface area contributed by atoms with E-state index in [2.05, 4.69) is 13.8 Å². The summed E-state index contributed by atoms with van der Waals surface area (Å²) in [6, 6.07) is 13.0. The molecule has 1 aliphatic carbocycles. The molecule has 0 bridgehead atoms. The molecule has 1 aliphatic heterocycles. The Morgan fingerprint density at radius 3 is 2.34 bits per heavy atom. The number of carbonyl (C=O) groups is 2. The highest BCUT2D eigenvalue weighted by molar-refractivity contribution is 6.07. The molecule has 0 saturated heterocycles. The summed E-state index contributed by atoms with van der Waals surface area (Å²) in [6.45, 7) is 4.14. The van der Waals surface area contributed by atoms with E-state index in [0.717, 1.165) is 22.5 Å². The molecule has 0 aromatic heterocycles. The summed E-state index contributed by atoms with van der Waals surface area (Å²) >= 11 is 0. The average molecular weight is 436 g/mol. The Kier molecular flexibility index (Phi) is 5.71. The molecule has 2 aromatic rings. The third-order valence-corrected chi connectivity index (χ3v) is 6.26. The molecule has 168 valence electrons. The first-order valence-electron chi connectivity index (χ1n) is 10.7. The molecule has 0 radical (unpaired) electrons. The van der Waals surface area contributed by atoms with Gasteiger partial charge in [-0.2, -0.15) is 0 Å². The number of amides is 1. The van der Waals surface area contributed by atoms with Gasteiger partial charge in [0.1, 0.15) is 5.75 Å². The first-order chi connectivity index (χ1) is 15.3. The maximum Gasteiger partial charge on any atom is 0.232 e. The van der Waals surface area contributed by atoms with Crippen LogP contribution in [0.2, 0.25) is 0 Å². The first-order valence-corrected chi connectivity index (χ1v) is 10.7. The van der Waals surface area contributed by atoms with Crippen LogP contribution in [0, 0.1) is 5.41 Å². The molecule has 2 aliphatic rings. The van der Waals surface area contributed by atoms with Crippen LogP contribution >= 0.6 is 0 Å². The molecule has 4 rings (SSSR count). The lowest BCUT2D eigenvalue weighted by Crippen LogP contribution is -2.43. The number of hydrogen-bond acceptors (Lipinski definition) is 5. The van der Waals surface area contributed by atoms with E-state index >= 15 is 0 Å². The van der Waals surface area contributed by atoms with Gasteiger partial charge in [0.25, 0.3) is 0 Å². The van der Waals surface area contributed by atoms with E-state index in [0.29, 0.717) is 30.1 Å². The van der Waals surface area contributed by atoms with E-state index in [-0.39, 0.29) is 29.4 Å². The second kappa shape index (κ2) is 8.34. The number of methoxy groups -OCH3 is 3. The minimum absolute atomic E-state index is 0.0395. The van der Waals surface area contributed by atoms with Crippen LogP contribution in [0.4, 0.5) is 5.69 Å². The average Bonchev–Trinajstić information content (AvgIpc) is 2.77. The van der Waals surface area contributed by atoms with Gasteiger partial charge in [0.15, 0.2) is 17.3 Å². The quantitative estimate of drug-likeness (QED) is 0.670. The second-order valence-corrected chi connectivity index (χ2v) is 9.10. The van der Waals surface area contributed by atoms with Gasteiger partial charge in [-0.3, -0.25) is 14.5 Å². The van der Waals surface area contributed by atoms with Gasteiger partial charge in [-0.1, -0.05) is 26.0 Å². The van der Waals surface area contributed by atoms with Gasteiger partial charge in [-0.05, 0) is 41.7 Å². The van der Waals surface area contributed by atoms with Gasteiger partial charge in [-0.15, -0.1) is 0 Å². The number of ether oxygens (including phenoxy) is 3. The van der Waals surface area contributed by atoms with E-state index in [9.17, 15) is 9.59 Å². The third-order valence-electron chi connectivity index (χ3n) is 6.26. The first kappa shape index (κ1) is 21.9. The number of hydrogen-bond donors (Lipinski definition) is 0. The van der Waals surface area contributed by atoms with Crippen LogP contribution in [0.1, 0.15) is 44.6 Å². The number of benzene rings is 2. The zero-order chi connectivity index (χ0) is 23.0. The maximum atomic E-state index is 13.5. The Hall–Kier alpha value is -3.28. The van der Waals surface area contributed by atoms with Crippen molar-refractivity contribution in [3.05, 3.63) is 59.3 Å². The van der Waals surface area contributed by atoms with Crippen molar-refractivity contribution < 1.29 is 23.8 Å². The molecule has 6 heteroatoms. The van der Waals surface area contributed by atoms with Crippen molar-refractivity contribution in [3.63, 3.8) is 0 Å². The number of rotatable bonds is 5. The van der Waals surface area contributed by atoms with Crippen LogP contribution in [0.15, 0.2) is 53.7 Å². The van der Waals surface area contributed by atoms with Crippen LogP contribution in [-0.2, 0) is 9.59 Å². The number of carbonyl (C=O) groups excluding carboxylic acids is 2. The normalized spacial score (nSPS) is 20.2. The molecule has 1 amide bonds. The number of nitrogens with zero attached hydrogens (tertiary/aromatic N) is 1. The summed E-state index contributed by atoms with van der Waals surface area (Å²) in [6.07, 6.45) is 1.30. The SMILES string of the molecule is COc1cccc(N2C(=O)CC(c3ccc(OC)c(OC)c3)C3=C2CC(C)(C)CC3=O)c1. The smallest absolute Gasteiger partial charge is 0.232 e. The van der Waals surface area contributed by atoms with Crippen molar-refractivity contribution in [3.8, 4) is 17.2 Å². The van der Waals surface area contributed by atoms with Crippen molar-refractivity contribution >= 4 is 17.4 Å². The standard InChI is InChI=1S/C26H29NO5/c1-26(2)14-20-25(21(28)15-26)19(16-9-10-22(31-4)23(11-16)32-5)13-24(29)27(20)17-7-6-8-18(12-17)30-3/h6-12,19H,13-15H2,1-5H3. The fourth-order valence-corrected chi connectivity index (χ4v) is 4.82. The lowest BCUT2D eigenvalue weighted by atomic mass is 9.69. The summed E-state index contributed by atoms with van der Waals surface area (Å²) in [5.41, 5.74) is 2.88. The molecule has 1 unspecified atom stereocenters. The number of Topliss-reactive ketones (excluding diaryl/α,β-unsaturated/α-hetero) is 1. The fourth-order valence-electron chi connectivity index (χ4n) is 4.82. The third kappa shape index (κ3) is 3.85. The highest BCUT2D eigenvalue weighted by Crippen LogP contribution is 2.49. The topological polar surface area (TPSA) is 65.1 Å². The molecule has 32 heavy (non-hydrogen) atoms. The molecule has 0 fully saturated rings. The van der Waals surface area contributed by atoms with Crippen LogP contribution in [0.25, 0.3) is 0 Å². The molecule has 0 spiro atoms. The molecule has 1 atom stereocenters. The number of ketones is 1. The highest BCUT2D eigenvalue weighted by atomic mass is 16.5. The van der Waals surface area contributed by atoms with Crippen LogP contribution < -0.4 is 19.1 Å². The number of anilines is 1. The zero-order valence-electron chi connectivity index (χ0n) is 19.2. The maximum absolute atomic E-state index is 13.5. The van der Waals surface area contributed by atoms with Crippen molar-refractivity contribution in [1.82, 2.24) is 0 Å². The Labute approximate surface area is 188 Å². The molecular weight excluding hydrogens is 406 g/mol. The fraction of sp³-hybridized carbons (Fsp3) is 0.385. The largest absolute Gasteiger partial charge is 0.497 e. The number of allylic oxidation sites excluding steroid dienone is 2. The van der Waals surface area contributed by atoms with Crippen molar-refractivity contribution in [2.75, 3.05) is 26.2 Å². The Morgan fingerprint density at radius 1 is 0.906 bits per heavy atom. The molecule has 6 nitrogen and oxygen atoms in total. The van der Waals surface area contributed by atoms with Gasteiger partial charge in [0.05, 0.1) is 27.0 Å². The van der Waals surface area contributed by atoms with Gasteiger partial charge in [-0.25, -0.2) is 0 Å². The minimum atomic E-state index is -0.317. The molecule has 2 aromatic carbocycles. The molecule has 0 N–H and O–H groups in total. The van der Waals surface area contributed by atoms with E-state index < -0.39 is 0 Å². The monoisotopic (exact) mass is 435 g/mol. The zero-order valence-corrected chi connectivity index (χ0v) is 19.2. The van der Waals surface area contributed by atoms with E-state index in [1.165, 1.54) is 0 Å². The predicted molar refractivity (Wildman–Crippen MR) is 122 cm³/mol. The van der Waals surface area contributed by atoms with Gasteiger partial charge in [0, 0.05) is 36.1 Å². The van der Waals surface area contributed by atoms with Crippen LogP contribution in [0.5, 0.6) is 17.2 Å². The minimum Gasteiger partial charge on any atom is -0.497 e. The van der Waals surface area contributed by atoms with E-state index in [1.54, 1.807) is 26.2 Å². The van der Waals surface area contributed by atoms with Crippen molar-refractivity contribution in [2.45, 2.75) is 39.0 Å². The highest BCUT2D eigenvalue weighted by Gasteiger charge is 2.44. The van der Waals surface area contributed by atoms with E-state index in [1.807, 2.05) is 42.5 Å². The molecule has 1 heterocycles. The summed E-state index contributed by atoms with van der Waals surface area (Å²) in [5, 5.41) is 0. The molecule has 0 saturated carbocycles. The lowest BCUT2D eigenvalue weighted by molar-refractivity contribution is -0.121. The Morgan fingerprint density at radius 2 is 1.66 bits per heavy atom. The summed E-state index contributed by atoms with van der Waals surface area (Å²) < 4.78 is 16.2. The summed E-state index contributed by atoms with van der Waals surface area (Å²) in [4.78, 5) is 28.7. The van der Waals surface area contributed by atoms with Crippen molar-refractivity contribution in [2.24, 2.45) is 5.41 Å². The molecular formula is C26H29NO5. The van der Waals surface area contributed by atoms with Crippen LogP contribution in [0.3, 0.4) is 0 Å². The van der Waals surface area contributed by atoms with Crippen LogP contribution in [-0.4, -0.2) is 33.0 Å². The summed E-state index contributed by atoms with van der Waals surface area (Å²) in [7, 11) is 4.76. The lowest BCUT2D eigenvalue weighted by Gasteiger charge is -2.43. The Bertz CT molecular complexity index is 1100. The second-order valence-electron chi connectivity index (χ2n) is 9.10. The Balaban J connectivity index is 1.88. The van der Waals surface area contributed by atoms with E-state index in [4.69, 9.17) is 14.2 Å². The predicted octanol–water partition coefficient (Wildman–Crippen LogP) is 4.88. The van der Waals surface area contributed by atoms with Gasteiger partial charge in [0.2, 0.25) is 5.91 Å².